The van der Waals surface area contributed by atoms with Crippen molar-refractivity contribution in [2.24, 2.45) is 10.5 Å². The smallest absolute Gasteiger partial charge is 0.330 e. The number of hydrogen-bond donors (Lipinski definition) is 1. The summed E-state index contributed by atoms with van der Waals surface area (Å²) in [6.07, 6.45) is -4.92. The molecule has 3 aliphatic rings. The summed E-state index contributed by atoms with van der Waals surface area (Å²) in [4.78, 5) is 43.0. The largest absolute Gasteiger partial charge is 0.454 e. The van der Waals surface area contributed by atoms with E-state index in [0.29, 0.717) is 0 Å². The minimum Gasteiger partial charge on any atom is -0.454 e. The first kappa shape index (κ1) is 26.8. The first-order valence-corrected chi connectivity index (χ1v) is 13.1. The predicted molar refractivity (Wildman–Crippen MR) is 139 cm³/mol. The minimum absolute atomic E-state index is 0.117. The standard InChI is InChI=1S/C24H26IN5O8/c1-24(2,3)22(32)38-18-17-16(36-20(18)30-9-12(25)19(31)27-23(30)33)14(28-29-26)15-13(35-17)10-34-21(37-15)11-7-5-4-6-8-11/h4-9,13-18,20-21H,10H2,1-3H3,(H,27,31,33)/t13-,14-,15+,16-,17-,18-,20-,21+/m1/s1. The Labute approximate surface area is 230 Å². The van der Waals surface area contributed by atoms with Crippen molar-refractivity contribution >= 4 is 28.6 Å². The quantitative estimate of drug-likeness (QED) is 0.175. The maximum Gasteiger partial charge on any atom is 0.330 e. The van der Waals surface area contributed by atoms with Gasteiger partial charge in [0.05, 0.1) is 21.6 Å². The number of esters is 1. The van der Waals surface area contributed by atoms with Crippen LogP contribution in [-0.2, 0) is 28.5 Å². The monoisotopic (exact) mass is 639 g/mol. The van der Waals surface area contributed by atoms with Crippen molar-refractivity contribution in [2.75, 3.05) is 6.61 Å². The van der Waals surface area contributed by atoms with Crippen molar-refractivity contribution in [3.05, 3.63) is 76.9 Å². The van der Waals surface area contributed by atoms with E-state index in [4.69, 9.17) is 23.7 Å². The van der Waals surface area contributed by atoms with Crippen LogP contribution in [0.25, 0.3) is 10.4 Å². The Balaban J connectivity index is 1.52. The molecule has 1 aromatic heterocycles. The third kappa shape index (κ3) is 4.99. The second-order valence-corrected chi connectivity index (χ2v) is 11.4. The van der Waals surface area contributed by atoms with Gasteiger partial charge >= 0.3 is 11.7 Å². The van der Waals surface area contributed by atoms with Crippen LogP contribution in [-0.4, -0.2) is 58.7 Å². The van der Waals surface area contributed by atoms with Gasteiger partial charge in [0.1, 0.15) is 24.4 Å². The van der Waals surface area contributed by atoms with Crippen LogP contribution in [0, 0.1) is 8.99 Å². The molecule has 0 saturated carbocycles. The fourth-order valence-corrected chi connectivity index (χ4v) is 5.16. The Kier molecular flexibility index (Phi) is 7.37. The fraction of sp³-hybridized carbons (Fsp3) is 0.542. The third-order valence-corrected chi connectivity index (χ3v) is 7.37. The molecule has 0 unspecified atom stereocenters. The molecule has 3 fully saturated rings. The summed E-state index contributed by atoms with van der Waals surface area (Å²) in [6, 6.07) is 8.40. The number of azide groups is 1. The number of nitrogens with zero attached hydrogens (tertiary/aromatic N) is 4. The molecule has 5 rings (SSSR count). The number of benzene rings is 1. The van der Waals surface area contributed by atoms with Gasteiger partial charge in [-0.05, 0) is 48.9 Å². The third-order valence-electron chi connectivity index (χ3n) is 6.60. The Bertz CT molecular complexity index is 1370. The van der Waals surface area contributed by atoms with Crippen LogP contribution in [0.3, 0.4) is 0 Å². The summed E-state index contributed by atoms with van der Waals surface area (Å²) in [5, 5.41) is 3.99. The number of aromatic amines is 1. The molecule has 8 atom stereocenters. The second-order valence-electron chi connectivity index (χ2n) is 10.3. The number of aromatic nitrogens is 2. The van der Waals surface area contributed by atoms with Crippen molar-refractivity contribution < 1.29 is 28.5 Å². The van der Waals surface area contributed by atoms with Gasteiger partial charge in [0.2, 0.25) is 0 Å². The predicted octanol–water partition coefficient (Wildman–Crippen LogP) is 2.56. The Morgan fingerprint density at radius 1 is 1.16 bits per heavy atom. The number of carbonyl (C=O) groups excluding carboxylic acids is 1. The van der Waals surface area contributed by atoms with Gasteiger partial charge in [0.25, 0.3) is 5.56 Å². The molecule has 38 heavy (non-hydrogen) atoms. The van der Waals surface area contributed by atoms with Crippen molar-refractivity contribution in [3.8, 4) is 0 Å². The van der Waals surface area contributed by atoms with E-state index in [0.717, 1.165) is 10.1 Å². The summed E-state index contributed by atoms with van der Waals surface area (Å²) in [5.74, 6) is -0.546. The van der Waals surface area contributed by atoms with E-state index in [2.05, 4.69) is 15.0 Å². The van der Waals surface area contributed by atoms with E-state index in [1.54, 1.807) is 43.4 Å². The van der Waals surface area contributed by atoms with Crippen LogP contribution in [0.1, 0.15) is 38.9 Å². The van der Waals surface area contributed by atoms with E-state index in [1.165, 1.54) is 6.20 Å². The zero-order chi connectivity index (χ0) is 27.2. The summed E-state index contributed by atoms with van der Waals surface area (Å²) in [7, 11) is 0. The second kappa shape index (κ2) is 10.4. The highest BCUT2D eigenvalue weighted by atomic mass is 127. The van der Waals surface area contributed by atoms with E-state index < -0.39 is 71.7 Å². The number of rotatable bonds is 4. The highest BCUT2D eigenvalue weighted by molar-refractivity contribution is 14.1. The van der Waals surface area contributed by atoms with Gasteiger partial charge < -0.3 is 23.7 Å². The summed E-state index contributed by atoms with van der Waals surface area (Å²) >= 11 is 1.79. The number of ether oxygens (including phenoxy) is 5. The van der Waals surface area contributed by atoms with Gasteiger partial charge in [-0.2, -0.15) is 0 Å². The van der Waals surface area contributed by atoms with Crippen molar-refractivity contribution in [1.82, 2.24) is 9.55 Å². The normalized spacial score (nSPS) is 32.5. The number of H-pyrrole nitrogens is 1. The molecule has 4 heterocycles. The van der Waals surface area contributed by atoms with E-state index >= 15 is 0 Å². The molecular weight excluding hydrogens is 613 g/mol. The molecule has 14 heteroatoms. The maximum atomic E-state index is 13.0. The van der Waals surface area contributed by atoms with Gasteiger partial charge in [0, 0.05) is 16.7 Å². The minimum atomic E-state index is -1.17. The Hall–Kier alpha value is -2.75. The zero-order valence-electron chi connectivity index (χ0n) is 20.7. The molecule has 202 valence electrons. The maximum absolute atomic E-state index is 13.0. The topological polar surface area (TPSA) is 167 Å². The molecule has 1 aromatic carbocycles. The summed E-state index contributed by atoms with van der Waals surface area (Å²) < 4.78 is 31.9. The highest BCUT2D eigenvalue weighted by Gasteiger charge is 2.60. The van der Waals surface area contributed by atoms with Crippen LogP contribution in [0.15, 0.2) is 51.2 Å². The SMILES string of the molecule is CC(C)(C)C(=O)O[C@@H]1[C@@H]2O[C@@H]3CO[C@H](c4ccccc4)O[C@@H]3[C@@H](N=[N+]=[N-])[C@H]2O[C@H]1n1cc(I)c(=O)[nH]c1=O. The number of nitrogens with one attached hydrogen (secondary N) is 1. The molecule has 13 nitrogen and oxygen atoms in total. The highest BCUT2D eigenvalue weighted by Crippen LogP contribution is 2.44. The Morgan fingerprint density at radius 3 is 2.58 bits per heavy atom. The van der Waals surface area contributed by atoms with Crippen molar-refractivity contribution in [2.45, 2.75) is 69.9 Å². The van der Waals surface area contributed by atoms with E-state index in [-0.39, 0.29) is 10.2 Å². The molecule has 0 bridgehead atoms. The van der Waals surface area contributed by atoms with Crippen LogP contribution in [0.5, 0.6) is 0 Å². The summed E-state index contributed by atoms with van der Waals surface area (Å²) in [6.45, 7) is 5.20. The molecule has 1 N–H and O–H groups in total. The number of halogens is 1. The molecule has 2 aromatic rings. The average Bonchev–Trinajstić information content (AvgIpc) is 3.23. The fourth-order valence-electron chi connectivity index (χ4n) is 4.72. The van der Waals surface area contributed by atoms with Crippen LogP contribution in [0.2, 0.25) is 0 Å². The lowest BCUT2D eigenvalue weighted by Gasteiger charge is -2.46. The number of fused-ring (bicyclic) bond motifs is 2. The number of hydrogen-bond acceptors (Lipinski definition) is 9. The molecule has 3 aliphatic heterocycles. The Morgan fingerprint density at radius 2 is 1.89 bits per heavy atom. The van der Waals surface area contributed by atoms with E-state index in [1.807, 2.05) is 30.3 Å². The van der Waals surface area contributed by atoms with Crippen LogP contribution in [0.4, 0.5) is 0 Å². The molecule has 3 saturated heterocycles. The molecular formula is C24H26IN5O8. The molecule has 0 spiro atoms. The van der Waals surface area contributed by atoms with Gasteiger partial charge in [-0.25, -0.2) is 4.79 Å². The van der Waals surface area contributed by atoms with Gasteiger partial charge in [-0.1, -0.05) is 35.4 Å². The molecule has 0 aliphatic carbocycles. The van der Waals surface area contributed by atoms with Crippen LogP contribution >= 0.6 is 22.6 Å². The van der Waals surface area contributed by atoms with Gasteiger partial charge in [0.15, 0.2) is 18.6 Å². The van der Waals surface area contributed by atoms with Gasteiger partial charge in [-0.15, -0.1) is 0 Å². The van der Waals surface area contributed by atoms with Crippen molar-refractivity contribution in [3.63, 3.8) is 0 Å². The lowest BCUT2D eigenvalue weighted by molar-refractivity contribution is -0.305. The van der Waals surface area contributed by atoms with Crippen molar-refractivity contribution in [1.29, 1.82) is 0 Å². The molecule has 0 amide bonds. The lowest BCUT2D eigenvalue weighted by Crippen LogP contribution is -2.61. The van der Waals surface area contributed by atoms with E-state index in [9.17, 15) is 19.9 Å². The van der Waals surface area contributed by atoms with Gasteiger partial charge in [-0.3, -0.25) is 19.1 Å². The number of carbonyl (C=O) groups is 1. The first-order valence-electron chi connectivity index (χ1n) is 12.0. The van der Waals surface area contributed by atoms with Crippen LogP contribution < -0.4 is 11.2 Å². The molecule has 0 radical (unpaired) electrons. The average molecular weight is 639 g/mol. The zero-order valence-corrected chi connectivity index (χ0v) is 22.9. The lowest BCUT2D eigenvalue weighted by atomic mass is 9.91. The first-order chi connectivity index (χ1) is 18.1. The summed E-state index contributed by atoms with van der Waals surface area (Å²) in [5.41, 5.74) is 8.02.